The van der Waals surface area contributed by atoms with Crippen molar-refractivity contribution in [2.45, 2.75) is 6.54 Å². The predicted octanol–water partition coefficient (Wildman–Crippen LogP) is 1.74. The third kappa shape index (κ3) is 4.07. The van der Waals surface area contributed by atoms with Crippen LogP contribution in [0.15, 0.2) is 41.8 Å². The van der Waals surface area contributed by atoms with Crippen LogP contribution in [0.2, 0.25) is 0 Å². The van der Waals surface area contributed by atoms with Gasteiger partial charge < -0.3 is 10.2 Å². The molecule has 3 rings (SSSR count). The summed E-state index contributed by atoms with van der Waals surface area (Å²) in [4.78, 5) is 27.7. The zero-order valence-electron chi connectivity index (χ0n) is 13.7. The van der Waals surface area contributed by atoms with E-state index in [0.29, 0.717) is 17.1 Å². The van der Waals surface area contributed by atoms with Crippen LogP contribution in [0.25, 0.3) is 10.7 Å². The summed E-state index contributed by atoms with van der Waals surface area (Å²) in [6.45, 7) is -0.0652. The quantitative estimate of drug-likeness (QED) is 0.752. The summed E-state index contributed by atoms with van der Waals surface area (Å²) in [6.07, 6.45) is 0. The molecule has 9 heteroatoms. The van der Waals surface area contributed by atoms with E-state index < -0.39 is 0 Å². The number of rotatable bonds is 5. The fourth-order valence-corrected chi connectivity index (χ4v) is 2.78. The van der Waals surface area contributed by atoms with Crippen LogP contribution in [0.1, 0.15) is 10.4 Å². The number of amides is 2. The number of thiophene rings is 1. The number of nitrogens with zero attached hydrogens (tertiary/aromatic N) is 5. The molecule has 0 radical (unpaired) electrons. The van der Waals surface area contributed by atoms with Crippen molar-refractivity contribution in [2.75, 3.05) is 19.4 Å². The largest absolute Gasteiger partial charge is 0.345 e. The monoisotopic (exact) mass is 356 g/mol. The third-order valence-electron chi connectivity index (χ3n) is 3.28. The summed E-state index contributed by atoms with van der Waals surface area (Å²) < 4.78 is 0. The number of hydrogen-bond donors (Lipinski definition) is 1. The number of tetrazole rings is 1. The summed E-state index contributed by atoms with van der Waals surface area (Å²) >= 11 is 1.50. The maximum absolute atomic E-state index is 12.2. The van der Waals surface area contributed by atoms with E-state index in [0.717, 1.165) is 4.88 Å². The molecule has 0 aliphatic heterocycles. The first-order valence-electron chi connectivity index (χ1n) is 7.46. The van der Waals surface area contributed by atoms with E-state index in [9.17, 15) is 9.59 Å². The molecule has 2 heterocycles. The second-order valence-corrected chi connectivity index (χ2v) is 6.40. The van der Waals surface area contributed by atoms with Crippen molar-refractivity contribution in [1.82, 2.24) is 25.1 Å². The molecule has 0 saturated carbocycles. The zero-order valence-corrected chi connectivity index (χ0v) is 14.5. The van der Waals surface area contributed by atoms with E-state index in [4.69, 9.17) is 0 Å². The van der Waals surface area contributed by atoms with Gasteiger partial charge in [-0.3, -0.25) is 9.59 Å². The standard InChI is InChI=1S/C16H16N6O2S/c1-21(2)16(24)11-5-3-6-12(9-11)17-14(23)10-22-19-15(18-20-22)13-7-4-8-25-13/h3-9H,10H2,1-2H3,(H,17,23). The summed E-state index contributed by atoms with van der Waals surface area (Å²) in [7, 11) is 3.35. The van der Waals surface area contributed by atoms with Gasteiger partial charge in [-0.25, -0.2) is 0 Å². The van der Waals surface area contributed by atoms with Gasteiger partial charge in [0.05, 0.1) is 4.88 Å². The van der Waals surface area contributed by atoms with Crippen molar-refractivity contribution in [3.05, 3.63) is 47.3 Å². The van der Waals surface area contributed by atoms with Gasteiger partial charge in [0.1, 0.15) is 6.54 Å². The van der Waals surface area contributed by atoms with Gasteiger partial charge in [-0.2, -0.15) is 4.80 Å². The molecule has 0 saturated heterocycles. The molecular formula is C16H16N6O2S. The Morgan fingerprint density at radius 2 is 2.08 bits per heavy atom. The first-order chi connectivity index (χ1) is 12.0. The first-order valence-corrected chi connectivity index (χ1v) is 8.34. The van der Waals surface area contributed by atoms with E-state index in [1.807, 2.05) is 17.5 Å². The predicted molar refractivity (Wildman–Crippen MR) is 94.2 cm³/mol. The van der Waals surface area contributed by atoms with Gasteiger partial charge in [-0.15, -0.1) is 21.5 Å². The van der Waals surface area contributed by atoms with Gasteiger partial charge in [-0.05, 0) is 34.9 Å². The summed E-state index contributed by atoms with van der Waals surface area (Å²) in [5.74, 6) is 0.0561. The van der Waals surface area contributed by atoms with Gasteiger partial charge in [0, 0.05) is 25.3 Å². The minimum Gasteiger partial charge on any atom is -0.345 e. The molecule has 1 N–H and O–H groups in total. The van der Waals surface area contributed by atoms with E-state index in [1.54, 1.807) is 38.4 Å². The smallest absolute Gasteiger partial charge is 0.253 e. The van der Waals surface area contributed by atoms with Crippen molar-refractivity contribution in [1.29, 1.82) is 0 Å². The number of nitrogens with one attached hydrogen (secondary N) is 1. The van der Waals surface area contributed by atoms with Crippen molar-refractivity contribution in [3.63, 3.8) is 0 Å². The Bertz CT molecular complexity index is 888. The summed E-state index contributed by atoms with van der Waals surface area (Å²) in [6, 6.07) is 10.6. The minimum absolute atomic E-state index is 0.0652. The Balaban J connectivity index is 1.65. The lowest BCUT2D eigenvalue weighted by atomic mass is 10.2. The molecule has 0 bridgehead atoms. The summed E-state index contributed by atoms with van der Waals surface area (Å²) in [5.41, 5.74) is 1.04. The highest BCUT2D eigenvalue weighted by atomic mass is 32.1. The van der Waals surface area contributed by atoms with Crippen LogP contribution in [0.4, 0.5) is 5.69 Å². The maximum atomic E-state index is 12.2. The number of benzene rings is 1. The first kappa shape index (κ1) is 16.8. The molecule has 0 aliphatic rings. The van der Waals surface area contributed by atoms with E-state index in [1.165, 1.54) is 21.0 Å². The lowest BCUT2D eigenvalue weighted by molar-refractivity contribution is -0.117. The van der Waals surface area contributed by atoms with Crippen LogP contribution in [0, 0.1) is 0 Å². The Morgan fingerprint density at radius 3 is 2.80 bits per heavy atom. The second-order valence-electron chi connectivity index (χ2n) is 5.45. The van der Waals surface area contributed by atoms with E-state index in [-0.39, 0.29) is 18.4 Å². The molecule has 0 atom stereocenters. The molecule has 0 unspecified atom stereocenters. The lowest BCUT2D eigenvalue weighted by Crippen LogP contribution is -2.23. The van der Waals surface area contributed by atoms with Crippen LogP contribution < -0.4 is 5.32 Å². The second kappa shape index (κ2) is 7.22. The highest BCUT2D eigenvalue weighted by Crippen LogP contribution is 2.19. The number of anilines is 1. The fraction of sp³-hybridized carbons (Fsp3) is 0.188. The van der Waals surface area contributed by atoms with E-state index >= 15 is 0 Å². The molecule has 0 fully saturated rings. The van der Waals surface area contributed by atoms with Crippen molar-refractivity contribution >= 4 is 28.8 Å². The molecule has 0 spiro atoms. The molecule has 0 aliphatic carbocycles. The van der Waals surface area contributed by atoms with Crippen LogP contribution in [-0.4, -0.2) is 51.0 Å². The Kier molecular flexibility index (Phi) is 4.85. The third-order valence-corrected chi connectivity index (χ3v) is 4.14. The average molecular weight is 356 g/mol. The van der Waals surface area contributed by atoms with Crippen molar-refractivity contribution < 1.29 is 9.59 Å². The topological polar surface area (TPSA) is 93.0 Å². The van der Waals surface area contributed by atoms with Crippen LogP contribution in [0.5, 0.6) is 0 Å². The molecule has 128 valence electrons. The van der Waals surface area contributed by atoms with Crippen LogP contribution >= 0.6 is 11.3 Å². The normalized spacial score (nSPS) is 10.5. The lowest BCUT2D eigenvalue weighted by Gasteiger charge is -2.11. The number of hydrogen-bond acceptors (Lipinski definition) is 6. The Labute approximate surface area is 148 Å². The molecule has 2 aromatic heterocycles. The molecule has 25 heavy (non-hydrogen) atoms. The maximum Gasteiger partial charge on any atom is 0.253 e. The van der Waals surface area contributed by atoms with Crippen molar-refractivity contribution in [3.8, 4) is 10.7 Å². The molecule has 1 aromatic carbocycles. The van der Waals surface area contributed by atoms with Crippen molar-refractivity contribution in [2.24, 2.45) is 0 Å². The highest BCUT2D eigenvalue weighted by Gasteiger charge is 2.12. The molecule has 3 aromatic rings. The zero-order chi connectivity index (χ0) is 17.8. The molecular weight excluding hydrogens is 340 g/mol. The molecule has 2 amide bonds. The SMILES string of the molecule is CN(C)C(=O)c1cccc(NC(=O)Cn2nnc(-c3cccs3)n2)c1. The molecule has 8 nitrogen and oxygen atoms in total. The number of carbonyl (C=O) groups excluding carboxylic acids is 2. The Hall–Kier alpha value is -3.07. The van der Waals surface area contributed by atoms with Crippen LogP contribution in [0.3, 0.4) is 0 Å². The van der Waals surface area contributed by atoms with Crippen LogP contribution in [-0.2, 0) is 11.3 Å². The van der Waals surface area contributed by atoms with Gasteiger partial charge in [0.15, 0.2) is 0 Å². The van der Waals surface area contributed by atoms with Gasteiger partial charge in [-0.1, -0.05) is 12.1 Å². The fourth-order valence-electron chi connectivity index (χ4n) is 2.13. The van der Waals surface area contributed by atoms with Gasteiger partial charge in [0.25, 0.3) is 5.91 Å². The Morgan fingerprint density at radius 1 is 1.24 bits per heavy atom. The number of carbonyl (C=O) groups is 2. The van der Waals surface area contributed by atoms with Gasteiger partial charge in [0.2, 0.25) is 11.7 Å². The van der Waals surface area contributed by atoms with Gasteiger partial charge >= 0.3 is 0 Å². The number of aromatic nitrogens is 4. The summed E-state index contributed by atoms with van der Waals surface area (Å²) in [5, 5.41) is 16.7. The average Bonchev–Trinajstić information content (AvgIpc) is 3.25. The minimum atomic E-state index is -0.301. The van der Waals surface area contributed by atoms with E-state index in [2.05, 4.69) is 20.7 Å². The highest BCUT2D eigenvalue weighted by molar-refractivity contribution is 7.13.